The second-order valence-electron chi connectivity index (χ2n) is 4.55. The van der Waals surface area contributed by atoms with Gasteiger partial charge in [0.15, 0.2) is 0 Å². The average Bonchev–Trinajstić information content (AvgIpc) is 2.48. The van der Waals surface area contributed by atoms with Gasteiger partial charge >= 0.3 is 0 Å². The fourth-order valence-corrected chi connectivity index (χ4v) is 1.80. The van der Waals surface area contributed by atoms with Gasteiger partial charge in [-0.1, -0.05) is 54.2 Å². The van der Waals surface area contributed by atoms with Gasteiger partial charge in [0.1, 0.15) is 4.99 Å². The third kappa shape index (κ3) is 4.22. The minimum absolute atomic E-state index is 0.244. The summed E-state index contributed by atoms with van der Waals surface area (Å²) in [6.45, 7) is 1.97. The van der Waals surface area contributed by atoms with Gasteiger partial charge in [-0.15, -0.1) is 0 Å². The molecular formula is C16H15N3OS. The van der Waals surface area contributed by atoms with Gasteiger partial charge in [0.2, 0.25) is 0 Å². The molecule has 0 saturated heterocycles. The van der Waals surface area contributed by atoms with Crippen LogP contribution in [0, 0.1) is 6.92 Å². The Morgan fingerprint density at radius 3 is 2.24 bits per heavy atom. The molecule has 0 spiro atoms. The van der Waals surface area contributed by atoms with E-state index in [1.807, 2.05) is 43.3 Å². The van der Waals surface area contributed by atoms with Gasteiger partial charge < -0.3 is 5.73 Å². The number of carbonyl (C=O) groups is 1. The molecule has 0 fully saturated rings. The number of hydrogen-bond donors (Lipinski definition) is 2. The summed E-state index contributed by atoms with van der Waals surface area (Å²) in [6, 6.07) is 14.6. The number of carbonyl (C=O) groups excluding carboxylic acids is 1. The second kappa shape index (κ2) is 6.76. The van der Waals surface area contributed by atoms with Crippen molar-refractivity contribution in [3.8, 4) is 0 Å². The molecule has 0 aromatic heterocycles. The number of benzene rings is 2. The molecule has 0 atom stereocenters. The van der Waals surface area contributed by atoms with E-state index in [-0.39, 0.29) is 5.91 Å². The third-order valence-corrected chi connectivity index (χ3v) is 3.12. The Morgan fingerprint density at radius 1 is 1.10 bits per heavy atom. The average molecular weight is 297 g/mol. The van der Waals surface area contributed by atoms with Gasteiger partial charge in [-0.25, -0.2) is 5.43 Å². The lowest BCUT2D eigenvalue weighted by Gasteiger charge is -2.01. The Morgan fingerprint density at radius 2 is 1.67 bits per heavy atom. The van der Waals surface area contributed by atoms with Crippen molar-refractivity contribution in [2.24, 2.45) is 10.8 Å². The largest absolute Gasteiger partial charge is 0.389 e. The van der Waals surface area contributed by atoms with Crippen LogP contribution in [-0.4, -0.2) is 17.1 Å². The molecule has 2 aromatic rings. The van der Waals surface area contributed by atoms with Crippen LogP contribution in [0.25, 0.3) is 0 Å². The molecule has 0 aliphatic heterocycles. The first-order valence-electron chi connectivity index (χ1n) is 6.36. The van der Waals surface area contributed by atoms with Crippen molar-refractivity contribution in [2.45, 2.75) is 6.92 Å². The number of aryl methyl sites for hydroxylation is 1. The fraction of sp³-hybridized carbons (Fsp3) is 0.0625. The fourth-order valence-electron chi connectivity index (χ4n) is 1.67. The van der Waals surface area contributed by atoms with Gasteiger partial charge in [0, 0.05) is 11.1 Å². The Balaban J connectivity index is 1.97. The standard InChI is InChI=1S/C16H15N3OS/c1-11-2-6-14(7-3-11)16(20)19-18-10-12-4-8-13(9-5-12)15(17)21/h2-10H,1H3,(H2,17,21)(H,19,20)/b18-10-. The van der Waals surface area contributed by atoms with E-state index in [1.165, 1.54) is 0 Å². The van der Waals surface area contributed by atoms with Crippen LogP contribution in [0.3, 0.4) is 0 Å². The summed E-state index contributed by atoms with van der Waals surface area (Å²) in [4.78, 5) is 12.2. The third-order valence-electron chi connectivity index (χ3n) is 2.89. The number of nitrogens with two attached hydrogens (primary N) is 1. The van der Waals surface area contributed by atoms with Crippen LogP contribution in [0.15, 0.2) is 53.6 Å². The van der Waals surface area contributed by atoms with E-state index in [9.17, 15) is 4.79 Å². The van der Waals surface area contributed by atoms with E-state index in [2.05, 4.69) is 10.5 Å². The Bertz CT molecular complexity index is 676. The topological polar surface area (TPSA) is 67.5 Å². The molecule has 5 heteroatoms. The van der Waals surface area contributed by atoms with E-state index in [4.69, 9.17) is 18.0 Å². The first-order chi connectivity index (χ1) is 10.1. The van der Waals surface area contributed by atoms with Gasteiger partial charge in [0.25, 0.3) is 5.91 Å². The van der Waals surface area contributed by atoms with Crippen LogP contribution in [-0.2, 0) is 0 Å². The highest BCUT2D eigenvalue weighted by atomic mass is 32.1. The zero-order valence-corrected chi connectivity index (χ0v) is 12.4. The lowest BCUT2D eigenvalue weighted by molar-refractivity contribution is 0.0955. The van der Waals surface area contributed by atoms with Crippen molar-refractivity contribution in [1.29, 1.82) is 0 Å². The molecular weight excluding hydrogens is 282 g/mol. The molecule has 106 valence electrons. The lowest BCUT2D eigenvalue weighted by atomic mass is 10.1. The smallest absolute Gasteiger partial charge is 0.271 e. The second-order valence-corrected chi connectivity index (χ2v) is 4.99. The Hall–Kier alpha value is -2.53. The van der Waals surface area contributed by atoms with Crippen LogP contribution in [0.2, 0.25) is 0 Å². The maximum absolute atomic E-state index is 11.8. The minimum Gasteiger partial charge on any atom is -0.389 e. The lowest BCUT2D eigenvalue weighted by Crippen LogP contribution is -2.17. The molecule has 0 saturated carbocycles. The van der Waals surface area contributed by atoms with Crippen molar-refractivity contribution in [3.05, 3.63) is 70.8 Å². The molecule has 0 bridgehead atoms. The molecule has 1 amide bonds. The molecule has 0 radical (unpaired) electrons. The van der Waals surface area contributed by atoms with E-state index in [1.54, 1.807) is 18.3 Å². The molecule has 0 unspecified atom stereocenters. The Labute approximate surface area is 128 Å². The van der Waals surface area contributed by atoms with E-state index in [0.717, 1.165) is 16.7 Å². The van der Waals surface area contributed by atoms with Crippen LogP contribution in [0.5, 0.6) is 0 Å². The van der Waals surface area contributed by atoms with Gasteiger partial charge in [0.05, 0.1) is 6.21 Å². The van der Waals surface area contributed by atoms with Gasteiger partial charge in [-0.2, -0.15) is 5.10 Å². The minimum atomic E-state index is -0.244. The summed E-state index contributed by atoms with van der Waals surface area (Å²) >= 11 is 4.88. The first-order valence-corrected chi connectivity index (χ1v) is 6.77. The summed E-state index contributed by atoms with van der Waals surface area (Å²) in [5.74, 6) is -0.244. The number of rotatable bonds is 4. The number of amides is 1. The highest BCUT2D eigenvalue weighted by Crippen LogP contribution is 2.04. The van der Waals surface area contributed by atoms with E-state index in [0.29, 0.717) is 10.6 Å². The molecule has 21 heavy (non-hydrogen) atoms. The maximum atomic E-state index is 11.8. The summed E-state index contributed by atoms with van der Waals surface area (Å²) < 4.78 is 0. The summed E-state index contributed by atoms with van der Waals surface area (Å²) in [5, 5.41) is 3.93. The van der Waals surface area contributed by atoms with Crippen LogP contribution in [0.4, 0.5) is 0 Å². The maximum Gasteiger partial charge on any atom is 0.271 e. The van der Waals surface area contributed by atoms with Crippen molar-refractivity contribution in [2.75, 3.05) is 0 Å². The molecule has 3 N–H and O–H groups in total. The summed E-state index contributed by atoms with van der Waals surface area (Å²) in [6.07, 6.45) is 1.56. The number of hydrazone groups is 1. The summed E-state index contributed by atoms with van der Waals surface area (Å²) in [7, 11) is 0. The predicted molar refractivity (Wildman–Crippen MR) is 88.6 cm³/mol. The number of thiocarbonyl (C=S) groups is 1. The van der Waals surface area contributed by atoms with E-state index < -0.39 is 0 Å². The Kier molecular flexibility index (Phi) is 4.79. The highest BCUT2D eigenvalue weighted by molar-refractivity contribution is 7.80. The number of hydrogen-bond acceptors (Lipinski definition) is 3. The SMILES string of the molecule is Cc1ccc(C(=O)N/N=C\c2ccc(C(N)=S)cc2)cc1. The molecule has 2 rings (SSSR count). The highest BCUT2D eigenvalue weighted by Gasteiger charge is 2.02. The zero-order valence-electron chi connectivity index (χ0n) is 11.5. The molecule has 0 heterocycles. The van der Waals surface area contributed by atoms with Gasteiger partial charge in [-0.3, -0.25) is 4.79 Å². The molecule has 2 aromatic carbocycles. The zero-order chi connectivity index (χ0) is 15.2. The summed E-state index contributed by atoms with van der Waals surface area (Å²) in [5.41, 5.74) is 11.3. The number of nitrogens with one attached hydrogen (secondary N) is 1. The normalized spacial score (nSPS) is 10.5. The van der Waals surface area contributed by atoms with Crippen molar-refractivity contribution in [1.82, 2.24) is 5.43 Å². The van der Waals surface area contributed by atoms with Crippen molar-refractivity contribution >= 4 is 29.3 Å². The number of nitrogens with zero attached hydrogens (tertiary/aromatic N) is 1. The molecule has 0 aliphatic carbocycles. The van der Waals surface area contributed by atoms with Gasteiger partial charge in [-0.05, 0) is 24.6 Å². The van der Waals surface area contributed by atoms with Crippen LogP contribution < -0.4 is 11.2 Å². The quantitative estimate of drug-likeness (QED) is 0.517. The van der Waals surface area contributed by atoms with Crippen molar-refractivity contribution in [3.63, 3.8) is 0 Å². The monoisotopic (exact) mass is 297 g/mol. The molecule has 4 nitrogen and oxygen atoms in total. The van der Waals surface area contributed by atoms with E-state index >= 15 is 0 Å². The van der Waals surface area contributed by atoms with Crippen LogP contribution >= 0.6 is 12.2 Å². The van der Waals surface area contributed by atoms with Crippen molar-refractivity contribution < 1.29 is 4.79 Å². The first kappa shape index (κ1) is 14.9. The van der Waals surface area contributed by atoms with Crippen LogP contribution in [0.1, 0.15) is 27.0 Å². The predicted octanol–water partition coefficient (Wildman–Crippen LogP) is 2.39. The molecule has 0 aliphatic rings.